The summed E-state index contributed by atoms with van der Waals surface area (Å²) >= 11 is 0. The number of anilines is 3. The molecule has 0 aliphatic heterocycles. The molecule has 1 aliphatic rings. The van der Waals surface area contributed by atoms with Crippen molar-refractivity contribution in [2.24, 2.45) is 0 Å². The highest BCUT2D eigenvalue weighted by Gasteiger charge is 2.46. The van der Waals surface area contributed by atoms with Crippen molar-refractivity contribution in [3.63, 3.8) is 0 Å². The number of hydrogen-bond donors (Lipinski definition) is 0. The first-order valence-electron chi connectivity index (χ1n) is 20.1. The maximum absolute atomic E-state index is 2.46. The van der Waals surface area contributed by atoms with Crippen molar-refractivity contribution in [1.82, 2.24) is 0 Å². The average Bonchev–Trinajstić information content (AvgIpc) is 3.60. The molecule has 11 rings (SSSR count). The Morgan fingerprint density at radius 2 is 0.707 bits per heavy atom. The van der Waals surface area contributed by atoms with Gasteiger partial charge in [-0.15, -0.1) is 0 Å². The largest absolute Gasteiger partial charge is 0.310 e. The number of rotatable bonds is 7. The van der Waals surface area contributed by atoms with E-state index in [1.807, 2.05) is 0 Å². The van der Waals surface area contributed by atoms with E-state index >= 15 is 0 Å². The van der Waals surface area contributed by atoms with E-state index in [1.54, 1.807) is 0 Å². The summed E-state index contributed by atoms with van der Waals surface area (Å²) in [5.74, 6) is 0. The van der Waals surface area contributed by atoms with Crippen molar-refractivity contribution in [1.29, 1.82) is 0 Å². The van der Waals surface area contributed by atoms with Crippen LogP contribution < -0.4 is 4.90 Å². The Kier molecular flexibility index (Phi) is 8.12. The van der Waals surface area contributed by atoms with Crippen LogP contribution in [0.5, 0.6) is 0 Å². The van der Waals surface area contributed by atoms with E-state index in [2.05, 4.69) is 241 Å². The van der Waals surface area contributed by atoms with Crippen LogP contribution in [0.2, 0.25) is 0 Å². The van der Waals surface area contributed by atoms with Gasteiger partial charge in [-0.25, -0.2) is 0 Å². The molecule has 0 amide bonds. The first-order chi connectivity index (χ1) is 28.8. The van der Waals surface area contributed by atoms with Crippen molar-refractivity contribution >= 4 is 38.6 Å². The topological polar surface area (TPSA) is 3.24 Å². The number of benzene rings is 10. The Hall–Kier alpha value is -7.48. The van der Waals surface area contributed by atoms with Crippen LogP contribution in [0.15, 0.2) is 237 Å². The van der Waals surface area contributed by atoms with Crippen molar-refractivity contribution in [3.8, 4) is 33.4 Å². The minimum Gasteiger partial charge on any atom is -0.310 e. The lowest BCUT2D eigenvalue weighted by atomic mass is 9.67. The number of hydrogen-bond acceptors (Lipinski definition) is 1. The highest BCUT2D eigenvalue weighted by Crippen LogP contribution is 2.57. The first kappa shape index (κ1) is 33.8. The van der Waals surface area contributed by atoms with Crippen molar-refractivity contribution in [2.75, 3.05) is 4.90 Å². The maximum atomic E-state index is 2.46. The fourth-order valence-electron chi connectivity index (χ4n) is 9.60. The second-order valence-corrected chi connectivity index (χ2v) is 15.2. The highest BCUT2D eigenvalue weighted by molar-refractivity contribution is 5.99. The molecule has 1 heteroatoms. The molecule has 1 aliphatic carbocycles. The van der Waals surface area contributed by atoms with E-state index in [0.717, 1.165) is 17.1 Å². The van der Waals surface area contributed by atoms with Crippen molar-refractivity contribution in [2.45, 2.75) is 5.41 Å². The Balaban J connectivity index is 1.17. The van der Waals surface area contributed by atoms with E-state index in [0.29, 0.717) is 0 Å². The molecule has 0 saturated heterocycles. The van der Waals surface area contributed by atoms with Gasteiger partial charge in [-0.3, -0.25) is 0 Å². The Bertz CT molecular complexity index is 2950. The lowest BCUT2D eigenvalue weighted by Gasteiger charge is -2.35. The quantitative estimate of drug-likeness (QED) is 0.157. The summed E-state index contributed by atoms with van der Waals surface area (Å²) in [5, 5.41) is 4.97. The van der Waals surface area contributed by atoms with Crippen LogP contribution in [0, 0.1) is 0 Å². The maximum Gasteiger partial charge on any atom is 0.0714 e. The fraction of sp³-hybridized carbons (Fsp3) is 0.0175. The van der Waals surface area contributed by atoms with E-state index in [-0.39, 0.29) is 0 Å². The van der Waals surface area contributed by atoms with Gasteiger partial charge in [-0.1, -0.05) is 200 Å². The van der Waals surface area contributed by atoms with Crippen LogP contribution in [0.1, 0.15) is 22.3 Å². The standard InChI is InChI=1S/C57H39N/c1-3-23-44(24-4-1)57(45-25-5-2-6-26-45)55-34-12-11-31-53(55)54-36-35-48(39-56(54)57)58(46-27-13-21-42(37-46)51-32-15-19-40-17-7-9-29-49(40)51)47-28-14-22-43(38-47)52-33-16-20-41-18-8-10-30-50(41)52/h1-39H. The summed E-state index contributed by atoms with van der Waals surface area (Å²) in [6, 6.07) is 86.9. The summed E-state index contributed by atoms with van der Waals surface area (Å²) in [7, 11) is 0. The zero-order valence-corrected chi connectivity index (χ0v) is 32.0. The molecule has 0 fully saturated rings. The van der Waals surface area contributed by atoms with Gasteiger partial charge in [0.05, 0.1) is 5.41 Å². The lowest BCUT2D eigenvalue weighted by Crippen LogP contribution is -2.28. The van der Waals surface area contributed by atoms with Gasteiger partial charge in [0.15, 0.2) is 0 Å². The van der Waals surface area contributed by atoms with Gasteiger partial charge in [0.1, 0.15) is 0 Å². The van der Waals surface area contributed by atoms with Gasteiger partial charge in [0.2, 0.25) is 0 Å². The summed E-state index contributed by atoms with van der Waals surface area (Å²) in [6.07, 6.45) is 0. The van der Waals surface area contributed by atoms with Crippen LogP contribution in [-0.4, -0.2) is 0 Å². The highest BCUT2D eigenvalue weighted by atomic mass is 15.1. The summed E-state index contributed by atoms with van der Waals surface area (Å²) in [6.45, 7) is 0. The molecule has 10 aromatic carbocycles. The fourth-order valence-corrected chi connectivity index (χ4v) is 9.60. The van der Waals surface area contributed by atoms with Crippen LogP contribution >= 0.6 is 0 Å². The van der Waals surface area contributed by atoms with Crippen molar-refractivity contribution in [3.05, 3.63) is 259 Å². The molecular weight excluding hydrogens is 699 g/mol. The van der Waals surface area contributed by atoms with E-state index in [1.165, 1.54) is 77.2 Å². The predicted molar refractivity (Wildman–Crippen MR) is 244 cm³/mol. The van der Waals surface area contributed by atoms with Crippen LogP contribution in [0.25, 0.3) is 54.9 Å². The third-order valence-electron chi connectivity index (χ3n) is 12.1. The van der Waals surface area contributed by atoms with E-state index < -0.39 is 5.41 Å². The van der Waals surface area contributed by atoms with Crippen LogP contribution in [0.3, 0.4) is 0 Å². The summed E-state index contributed by atoms with van der Waals surface area (Å²) in [5.41, 5.74) is 15.2. The van der Waals surface area contributed by atoms with E-state index in [9.17, 15) is 0 Å². The Labute approximate surface area is 339 Å². The monoisotopic (exact) mass is 737 g/mol. The normalized spacial score (nSPS) is 12.6. The second kappa shape index (κ2) is 13.9. The lowest BCUT2D eigenvalue weighted by molar-refractivity contribution is 0.768. The second-order valence-electron chi connectivity index (χ2n) is 15.2. The zero-order chi connectivity index (χ0) is 38.5. The summed E-state index contributed by atoms with van der Waals surface area (Å²) < 4.78 is 0. The molecule has 1 nitrogen and oxygen atoms in total. The van der Waals surface area contributed by atoms with Gasteiger partial charge in [-0.05, 0) is 114 Å². The minimum atomic E-state index is -0.508. The average molecular weight is 738 g/mol. The Morgan fingerprint density at radius 3 is 1.29 bits per heavy atom. The molecule has 0 saturated carbocycles. The molecule has 0 unspecified atom stereocenters. The molecule has 272 valence electrons. The molecule has 0 atom stereocenters. The minimum absolute atomic E-state index is 0.508. The number of fused-ring (bicyclic) bond motifs is 5. The molecule has 0 heterocycles. The molecule has 0 radical (unpaired) electrons. The predicted octanol–water partition coefficient (Wildman–Crippen LogP) is 15.2. The smallest absolute Gasteiger partial charge is 0.0714 e. The zero-order valence-electron chi connectivity index (χ0n) is 32.0. The van der Waals surface area contributed by atoms with E-state index in [4.69, 9.17) is 0 Å². The van der Waals surface area contributed by atoms with Gasteiger partial charge in [0, 0.05) is 17.1 Å². The molecule has 0 spiro atoms. The van der Waals surface area contributed by atoms with Gasteiger partial charge in [-0.2, -0.15) is 0 Å². The van der Waals surface area contributed by atoms with Gasteiger partial charge in [0.25, 0.3) is 0 Å². The third kappa shape index (κ3) is 5.39. The van der Waals surface area contributed by atoms with Gasteiger partial charge < -0.3 is 4.90 Å². The number of nitrogens with zero attached hydrogens (tertiary/aromatic N) is 1. The third-order valence-corrected chi connectivity index (χ3v) is 12.1. The first-order valence-corrected chi connectivity index (χ1v) is 20.1. The molecule has 0 N–H and O–H groups in total. The SMILES string of the molecule is c1ccc(C2(c3ccccc3)c3ccccc3-c3ccc(N(c4cccc(-c5cccc6ccccc56)c4)c4cccc(-c5cccc6ccccc56)c4)cc32)cc1. The molecule has 0 bridgehead atoms. The van der Waals surface area contributed by atoms with Crippen LogP contribution in [-0.2, 0) is 5.41 Å². The van der Waals surface area contributed by atoms with Crippen LogP contribution in [0.4, 0.5) is 17.1 Å². The molecule has 10 aromatic rings. The summed E-state index contributed by atoms with van der Waals surface area (Å²) in [4.78, 5) is 2.45. The van der Waals surface area contributed by atoms with Gasteiger partial charge >= 0.3 is 0 Å². The molecule has 0 aromatic heterocycles. The molecular formula is C57H39N. The Morgan fingerprint density at radius 1 is 0.276 bits per heavy atom. The molecule has 58 heavy (non-hydrogen) atoms. The van der Waals surface area contributed by atoms with Crippen molar-refractivity contribution < 1.29 is 0 Å².